The zero-order valence-corrected chi connectivity index (χ0v) is 20.4. The molecule has 5 aromatic rings. The molecule has 0 aliphatic carbocycles. The van der Waals surface area contributed by atoms with Crippen LogP contribution in [0.2, 0.25) is 0 Å². The summed E-state index contributed by atoms with van der Waals surface area (Å²) in [7, 11) is 0. The highest BCUT2D eigenvalue weighted by Crippen LogP contribution is 2.30. The van der Waals surface area contributed by atoms with E-state index in [0.717, 1.165) is 84.2 Å². The molecule has 5 heterocycles. The summed E-state index contributed by atoms with van der Waals surface area (Å²) < 4.78 is 0. The van der Waals surface area contributed by atoms with Crippen molar-refractivity contribution in [1.29, 1.82) is 0 Å². The summed E-state index contributed by atoms with van der Waals surface area (Å²) in [5.41, 5.74) is 8.68. The number of aromatic amines is 1. The van der Waals surface area contributed by atoms with Crippen LogP contribution in [0.5, 0.6) is 0 Å². The van der Waals surface area contributed by atoms with Crippen LogP contribution in [0.25, 0.3) is 33.7 Å². The molecule has 0 bridgehead atoms. The first-order chi connectivity index (χ1) is 17.7. The Labute approximate surface area is 210 Å². The Bertz CT molecular complexity index is 1480. The quantitative estimate of drug-likeness (QED) is 0.381. The average Bonchev–Trinajstić information content (AvgIpc) is 3.29. The number of rotatable bonds is 5. The van der Waals surface area contributed by atoms with Gasteiger partial charge in [-0.2, -0.15) is 5.10 Å². The van der Waals surface area contributed by atoms with E-state index in [0.29, 0.717) is 0 Å². The fourth-order valence-electron chi connectivity index (χ4n) is 4.90. The lowest BCUT2D eigenvalue weighted by atomic mass is 10.1. The summed E-state index contributed by atoms with van der Waals surface area (Å²) in [6, 6.07) is 22.9. The molecular weight excluding hydrogens is 446 g/mol. The molecule has 1 saturated heterocycles. The van der Waals surface area contributed by atoms with Crippen molar-refractivity contribution in [3.8, 4) is 22.6 Å². The van der Waals surface area contributed by atoms with Gasteiger partial charge in [-0.1, -0.05) is 36.4 Å². The third-order valence-electron chi connectivity index (χ3n) is 6.77. The number of nitrogens with one attached hydrogen (secondary N) is 1. The van der Waals surface area contributed by atoms with E-state index in [-0.39, 0.29) is 0 Å². The first-order valence-electron chi connectivity index (χ1n) is 12.5. The van der Waals surface area contributed by atoms with Gasteiger partial charge in [0.05, 0.1) is 34.3 Å². The number of H-pyrrole nitrogens is 1. The van der Waals surface area contributed by atoms with Crippen LogP contribution in [0.1, 0.15) is 17.7 Å². The van der Waals surface area contributed by atoms with Crippen molar-refractivity contribution in [2.24, 2.45) is 0 Å². The number of fused-ring (bicyclic) bond motifs is 1. The van der Waals surface area contributed by atoms with E-state index in [4.69, 9.17) is 9.97 Å². The van der Waals surface area contributed by atoms with Crippen LogP contribution < -0.4 is 4.90 Å². The predicted molar refractivity (Wildman–Crippen MR) is 144 cm³/mol. The fourth-order valence-corrected chi connectivity index (χ4v) is 4.90. The summed E-state index contributed by atoms with van der Waals surface area (Å²) in [4.78, 5) is 19.3. The Morgan fingerprint density at radius 2 is 1.75 bits per heavy atom. The molecule has 6 rings (SSSR count). The lowest BCUT2D eigenvalue weighted by Crippen LogP contribution is -2.30. The second kappa shape index (κ2) is 9.87. The minimum absolute atomic E-state index is 0.806. The maximum absolute atomic E-state index is 4.99. The molecule has 0 spiro atoms. The molecule has 180 valence electrons. The second-order valence-electron chi connectivity index (χ2n) is 9.34. The number of anilines is 1. The normalized spacial score (nSPS) is 14.8. The standard InChI is InChI=1S/C29H29N7/c1-21-7-5-10-27(32-21)29-24(19-31-34-29)25-11-12-26-28(33-25)17-23(18-30-26)36-14-6-13-35(15-16-36)20-22-8-3-2-4-9-22/h2-5,7-12,17-19H,6,13-16,20H2,1H3,(H,31,34). The van der Waals surface area contributed by atoms with Gasteiger partial charge in [0.1, 0.15) is 5.69 Å². The van der Waals surface area contributed by atoms with Gasteiger partial charge in [-0.3, -0.25) is 20.0 Å². The topological polar surface area (TPSA) is 73.8 Å². The van der Waals surface area contributed by atoms with E-state index in [1.165, 1.54) is 5.56 Å². The third kappa shape index (κ3) is 4.70. The Hall–Kier alpha value is -4.10. The molecule has 1 fully saturated rings. The molecule has 0 atom stereocenters. The first kappa shape index (κ1) is 22.4. The highest BCUT2D eigenvalue weighted by Gasteiger charge is 2.17. The third-order valence-corrected chi connectivity index (χ3v) is 6.77. The lowest BCUT2D eigenvalue weighted by Gasteiger charge is -2.23. The SMILES string of the molecule is Cc1cccc(-c2n[nH]cc2-c2ccc3ncc(N4CCCN(Cc5ccccc5)CC4)cc3n2)n1. The van der Waals surface area contributed by atoms with E-state index < -0.39 is 0 Å². The number of benzene rings is 1. The largest absolute Gasteiger partial charge is 0.369 e. The van der Waals surface area contributed by atoms with Gasteiger partial charge in [-0.25, -0.2) is 4.98 Å². The van der Waals surface area contributed by atoms with Crippen LogP contribution >= 0.6 is 0 Å². The van der Waals surface area contributed by atoms with E-state index >= 15 is 0 Å². The summed E-state index contributed by atoms with van der Waals surface area (Å²) in [6.45, 7) is 7.11. The zero-order valence-electron chi connectivity index (χ0n) is 20.4. The van der Waals surface area contributed by atoms with E-state index in [1.807, 2.05) is 49.6 Å². The molecular formula is C29H29N7. The van der Waals surface area contributed by atoms with Gasteiger partial charge in [-0.05, 0) is 49.2 Å². The molecule has 7 heteroatoms. The number of pyridine rings is 3. The van der Waals surface area contributed by atoms with Gasteiger partial charge in [0.25, 0.3) is 0 Å². The molecule has 0 amide bonds. The molecule has 1 aliphatic rings. The van der Waals surface area contributed by atoms with Gasteiger partial charge < -0.3 is 4.90 Å². The Morgan fingerprint density at radius 1 is 0.833 bits per heavy atom. The van der Waals surface area contributed by atoms with Crippen LogP contribution in [0.4, 0.5) is 5.69 Å². The molecule has 0 saturated carbocycles. The molecule has 1 aliphatic heterocycles. The molecule has 4 aromatic heterocycles. The van der Waals surface area contributed by atoms with Crippen LogP contribution in [0, 0.1) is 6.92 Å². The average molecular weight is 476 g/mol. The summed E-state index contributed by atoms with van der Waals surface area (Å²) in [6.07, 6.45) is 5.00. The molecule has 0 radical (unpaired) electrons. The number of nitrogens with zero attached hydrogens (tertiary/aromatic N) is 6. The van der Waals surface area contributed by atoms with Gasteiger partial charge in [0.15, 0.2) is 0 Å². The smallest absolute Gasteiger partial charge is 0.120 e. The fraction of sp³-hybridized carbons (Fsp3) is 0.241. The molecule has 0 unspecified atom stereocenters. The Balaban J connectivity index is 1.24. The Kier molecular flexibility index (Phi) is 6.13. The van der Waals surface area contributed by atoms with Gasteiger partial charge in [0.2, 0.25) is 0 Å². The van der Waals surface area contributed by atoms with Crippen molar-refractivity contribution in [2.75, 3.05) is 31.1 Å². The summed E-state index contributed by atoms with van der Waals surface area (Å²) in [5.74, 6) is 0. The van der Waals surface area contributed by atoms with Crippen molar-refractivity contribution < 1.29 is 0 Å². The van der Waals surface area contributed by atoms with Crippen LogP contribution in [-0.2, 0) is 6.54 Å². The molecule has 1 aromatic carbocycles. The molecule has 36 heavy (non-hydrogen) atoms. The monoisotopic (exact) mass is 475 g/mol. The van der Waals surface area contributed by atoms with Crippen molar-refractivity contribution >= 4 is 16.7 Å². The number of hydrogen-bond acceptors (Lipinski definition) is 6. The van der Waals surface area contributed by atoms with E-state index in [2.05, 4.69) is 61.4 Å². The molecule has 7 nitrogen and oxygen atoms in total. The highest BCUT2D eigenvalue weighted by atomic mass is 15.2. The lowest BCUT2D eigenvalue weighted by molar-refractivity contribution is 0.285. The van der Waals surface area contributed by atoms with Crippen LogP contribution in [0.3, 0.4) is 0 Å². The number of aromatic nitrogens is 5. The Morgan fingerprint density at radius 3 is 2.64 bits per heavy atom. The first-order valence-corrected chi connectivity index (χ1v) is 12.5. The van der Waals surface area contributed by atoms with Gasteiger partial charge >= 0.3 is 0 Å². The summed E-state index contributed by atoms with van der Waals surface area (Å²) in [5, 5.41) is 7.46. The highest BCUT2D eigenvalue weighted by molar-refractivity contribution is 5.84. The van der Waals surface area contributed by atoms with Crippen molar-refractivity contribution in [1.82, 2.24) is 30.0 Å². The van der Waals surface area contributed by atoms with E-state index in [1.54, 1.807) is 0 Å². The molecule has 1 N–H and O–H groups in total. The number of aryl methyl sites for hydroxylation is 1. The minimum atomic E-state index is 0.806. The van der Waals surface area contributed by atoms with E-state index in [9.17, 15) is 0 Å². The van der Waals surface area contributed by atoms with Gasteiger partial charge in [-0.15, -0.1) is 0 Å². The van der Waals surface area contributed by atoms with Crippen LogP contribution in [0.15, 0.2) is 79.1 Å². The van der Waals surface area contributed by atoms with Gasteiger partial charge in [0, 0.05) is 50.2 Å². The maximum atomic E-state index is 4.99. The predicted octanol–water partition coefficient (Wildman–Crippen LogP) is 5.10. The van der Waals surface area contributed by atoms with Crippen molar-refractivity contribution in [3.05, 3.63) is 90.4 Å². The summed E-state index contributed by atoms with van der Waals surface area (Å²) >= 11 is 0. The number of hydrogen-bond donors (Lipinski definition) is 1. The van der Waals surface area contributed by atoms with Crippen LogP contribution in [-0.4, -0.2) is 56.2 Å². The minimum Gasteiger partial charge on any atom is -0.369 e. The van der Waals surface area contributed by atoms with Crippen molar-refractivity contribution in [2.45, 2.75) is 19.9 Å². The zero-order chi connectivity index (χ0) is 24.3. The van der Waals surface area contributed by atoms with Crippen molar-refractivity contribution in [3.63, 3.8) is 0 Å². The second-order valence-corrected chi connectivity index (χ2v) is 9.34. The maximum Gasteiger partial charge on any atom is 0.120 e.